The van der Waals surface area contributed by atoms with E-state index in [9.17, 15) is 9.59 Å². The number of hydrogen-bond donors (Lipinski definition) is 1. The Morgan fingerprint density at radius 2 is 1.96 bits per heavy atom. The first-order valence-corrected chi connectivity index (χ1v) is 8.09. The molecule has 1 saturated heterocycles. The number of nitrogens with zero attached hydrogens (tertiary/aromatic N) is 2. The lowest BCUT2D eigenvalue weighted by Gasteiger charge is -2.20. The van der Waals surface area contributed by atoms with E-state index in [-0.39, 0.29) is 12.3 Å². The molecule has 1 fully saturated rings. The van der Waals surface area contributed by atoms with Crippen molar-refractivity contribution in [1.29, 1.82) is 0 Å². The summed E-state index contributed by atoms with van der Waals surface area (Å²) in [4.78, 5) is 30.2. The van der Waals surface area contributed by atoms with E-state index in [0.717, 1.165) is 25.9 Å². The predicted octanol–water partition coefficient (Wildman–Crippen LogP) is 2.60. The lowest BCUT2D eigenvalue weighted by Crippen LogP contribution is -2.29. The Hall–Kier alpha value is -2.31. The largest absolute Gasteiger partial charge is 0.481 e. The maximum absolute atomic E-state index is 12.3. The van der Waals surface area contributed by atoms with Crippen LogP contribution < -0.4 is 10.1 Å². The van der Waals surface area contributed by atoms with Crippen molar-refractivity contribution in [2.75, 3.05) is 25.5 Å². The minimum Gasteiger partial charge on any atom is -0.481 e. The molecule has 0 saturated carbocycles. The van der Waals surface area contributed by atoms with E-state index >= 15 is 0 Å². The van der Waals surface area contributed by atoms with E-state index in [4.69, 9.17) is 9.47 Å². The number of nitrogens with one attached hydrogen (secondary N) is 1. The lowest BCUT2D eigenvalue weighted by molar-refractivity contribution is -0.129. The van der Waals surface area contributed by atoms with Crippen LogP contribution in [0.25, 0.3) is 0 Å². The molecule has 0 spiro atoms. The average molecular weight is 335 g/mol. The summed E-state index contributed by atoms with van der Waals surface area (Å²) in [7, 11) is 1.51. The number of likely N-dealkylation sites (tertiary alicyclic amines) is 1. The number of amides is 2. The highest BCUT2D eigenvalue weighted by Crippen LogP contribution is 2.22. The van der Waals surface area contributed by atoms with Gasteiger partial charge in [-0.25, -0.2) is 9.78 Å². The van der Waals surface area contributed by atoms with E-state index in [1.54, 1.807) is 26.8 Å². The zero-order chi connectivity index (χ0) is 17.7. The van der Waals surface area contributed by atoms with Crippen molar-refractivity contribution in [3.63, 3.8) is 0 Å². The minimum absolute atomic E-state index is 0.0435. The highest BCUT2D eigenvalue weighted by Gasteiger charge is 2.21. The molecular formula is C17H25N3O4. The second-order valence-electron chi connectivity index (χ2n) is 6.78. The molecule has 0 aromatic carbocycles. The number of aromatic nitrogens is 1. The highest BCUT2D eigenvalue weighted by atomic mass is 16.6. The van der Waals surface area contributed by atoms with E-state index in [1.165, 1.54) is 13.3 Å². The van der Waals surface area contributed by atoms with Crippen LogP contribution in [0.15, 0.2) is 12.3 Å². The Bertz CT molecular complexity index is 604. The first kappa shape index (κ1) is 18.0. The van der Waals surface area contributed by atoms with Crippen LogP contribution in [-0.4, -0.2) is 47.7 Å². The Morgan fingerprint density at radius 1 is 1.29 bits per heavy atom. The van der Waals surface area contributed by atoms with Crippen molar-refractivity contribution < 1.29 is 19.1 Å². The van der Waals surface area contributed by atoms with Gasteiger partial charge in [0, 0.05) is 18.7 Å². The van der Waals surface area contributed by atoms with Gasteiger partial charge in [-0.05, 0) is 39.7 Å². The molecule has 0 aliphatic carbocycles. The van der Waals surface area contributed by atoms with E-state index in [0.29, 0.717) is 17.1 Å². The molecule has 7 nitrogen and oxygen atoms in total. The monoisotopic (exact) mass is 335 g/mol. The van der Waals surface area contributed by atoms with Crippen LogP contribution in [0.3, 0.4) is 0 Å². The third-order valence-corrected chi connectivity index (χ3v) is 3.56. The van der Waals surface area contributed by atoms with Gasteiger partial charge in [-0.2, -0.15) is 0 Å². The number of hydrogen-bond acceptors (Lipinski definition) is 5. The molecule has 7 heteroatoms. The van der Waals surface area contributed by atoms with E-state index in [1.807, 2.05) is 4.90 Å². The quantitative estimate of drug-likeness (QED) is 0.915. The summed E-state index contributed by atoms with van der Waals surface area (Å²) in [6.07, 6.45) is 3.20. The zero-order valence-corrected chi connectivity index (χ0v) is 14.7. The minimum atomic E-state index is -0.585. The fraction of sp³-hybridized carbons (Fsp3) is 0.588. The lowest BCUT2D eigenvalue weighted by atomic mass is 10.1. The molecule has 0 atom stereocenters. The van der Waals surface area contributed by atoms with E-state index in [2.05, 4.69) is 10.3 Å². The molecule has 1 aliphatic rings. The third-order valence-electron chi connectivity index (χ3n) is 3.56. The van der Waals surface area contributed by atoms with Crippen molar-refractivity contribution >= 4 is 17.7 Å². The SMILES string of the molecule is COc1ncc(NC(=O)OC(C)(C)C)cc1CC(=O)N1CCCC1. The van der Waals surface area contributed by atoms with Gasteiger partial charge in [0.1, 0.15) is 5.60 Å². The molecule has 1 aromatic heterocycles. The predicted molar refractivity (Wildman–Crippen MR) is 90.2 cm³/mol. The summed E-state index contributed by atoms with van der Waals surface area (Å²) in [6.45, 7) is 6.96. The van der Waals surface area contributed by atoms with Crippen LogP contribution in [0.1, 0.15) is 39.2 Å². The summed E-state index contributed by atoms with van der Waals surface area (Å²) in [5.74, 6) is 0.430. The van der Waals surface area contributed by atoms with Crippen molar-refractivity contribution in [2.45, 2.75) is 45.6 Å². The maximum Gasteiger partial charge on any atom is 0.412 e. The number of anilines is 1. The van der Waals surface area contributed by atoms with Crippen LogP contribution >= 0.6 is 0 Å². The van der Waals surface area contributed by atoms with Crippen molar-refractivity contribution in [1.82, 2.24) is 9.88 Å². The molecular weight excluding hydrogens is 310 g/mol. The fourth-order valence-corrected chi connectivity index (χ4v) is 2.54. The summed E-state index contributed by atoms with van der Waals surface area (Å²) in [5, 5.41) is 2.63. The van der Waals surface area contributed by atoms with Crippen LogP contribution in [0.4, 0.5) is 10.5 Å². The summed E-state index contributed by atoms with van der Waals surface area (Å²) in [5.41, 5.74) is 0.524. The van der Waals surface area contributed by atoms with Crippen molar-refractivity contribution in [3.05, 3.63) is 17.8 Å². The van der Waals surface area contributed by atoms with Gasteiger partial charge in [-0.1, -0.05) is 0 Å². The molecule has 0 bridgehead atoms. The zero-order valence-electron chi connectivity index (χ0n) is 14.7. The van der Waals surface area contributed by atoms with Gasteiger partial charge in [-0.3, -0.25) is 10.1 Å². The first-order valence-electron chi connectivity index (χ1n) is 8.09. The third kappa shape index (κ3) is 5.11. The molecule has 1 N–H and O–H groups in total. The molecule has 1 aliphatic heterocycles. The molecule has 2 heterocycles. The normalized spacial score (nSPS) is 14.4. The standard InChI is InChI=1S/C17H25N3O4/c1-17(2,3)24-16(22)19-13-9-12(15(23-4)18-11-13)10-14(21)20-7-5-6-8-20/h9,11H,5-8,10H2,1-4H3,(H,19,22). The number of pyridine rings is 1. The van der Waals surface area contributed by atoms with Gasteiger partial charge in [0.05, 0.1) is 25.4 Å². The van der Waals surface area contributed by atoms with Gasteiger partial charge in [0.25, 0.3) is 0 Å². The molecule has 0 radical (unpaired) electrons. The number of carbonyl (C=O) groups is 2. The van der Waals surface area contributed by atoms with Crippen molar-refractivity contribution in [3.8, 4) is 5.88 Å². The van der Waals surface area contributed by atoms with Gasteiger partial charge >= 0.3 is 6.09 Å². The molecule has 1 aromatic rings. The molecule has 2 rings (SSSR count). The summed E-state index contributed by atoms with van der Waals surface area (Å²) >= 11 is 0. The fourth-order valence-electron chi connectivity index (χ4n) is 2.54. The van der Waals surface area contributed by atoms with Gasteiger partial charge in [0.2, 0.25) is 11.8 Å². The Balaban J connectivity index is 2.09. The van der Waals surface area contributed by atoms with Crippen LogP contribution in [0, 0.1) is 0 Å². The summed E-state index contributed by atoms with van der Waals surface area (Å²) in [6, 6.07) is 1.70. The Kier molecular flexibility index (Phi) is 5.64. The number of carbonyl (C=O) groups excluding carboxylic acids is 2. The van der Waals surface area contributed by atoms with Gasteiger partial charge in [-0.15, -0.1) is 0 Å². The molecule has 0 unspecified atom stereocenters. The van der Waals surface area contributed by atoms with Crippen LogP contribution in [0.2, 0.25) is 0 Å². The van der Waals surface area contributed by atoms with Gasteiger partial charge < -0.3 is 14.4 Å². The second kappa shape index (κ2) is 7.51. The van der Waals surface area contributed by atoms with Crippen LogP contribution in [-0.2, 0) is 16.0 Å². The molecule has 132 valence electrons. The summed E-state index contributed by atoms with van der Waals surface area (Å²) < 4.78 is 10.4. The van der Waals surface area contributed by atoms with Crippen molar-refractivity contribution in [2.24, 2.45) is 0 Å². The smallest absolute Gasteiger partial charge is 0.412 e. The molecule has 24 heavy (non-hydrogen) atoms. The Morgan fingerprint density at radius 3 is 2.54 bits per heavy atom. The average Bonchev–Trinajstić information content (AvgIpc) is 2.99. The number of ether oxygens (including phenoxy) is 2. The second-order valence-corrected chi connectivity index (χ2v) is 6.78. The van der Waals surface area contributed by atoms with E-state index < -0.39 is 11.7 Å². The van der Waals surface area contributed by atoms with Crippen LogP contribution in [0.5, 0.6) is 5.88 Å². The Labute approximate surface area is 142 Å². The van der Waals surface area contributed by atoms with Gasteiger partial charge in [0.15, 0.2) is 0 Å². The number of rotatable bonds is 4. The first-order chi connectivity index (χ1) is 11.3. The maximum atomic E-state index is 12.3. The highest BCUT2D eigenvalue weighted by molar-refractivity contribution is 5.85. The number of methoxy groups -OCH3 is 1. The topological polar surface area (TPSA) is 80.8 Å². The molecule has 2 amide bonds.